The van der Waals surface area contributed by atoms with Crippen molar-refractivity contribution in [2.45, 2.75) is 25.1 Å². The Morgan fingerprint density at radius 1 is 0.704 bits per heavy atom. The molecule has 0 aliphatic carbocycles. The zero-order valence-electron chi connectivity index (χ0n) is 16.0. The fourth-order valence-electron chi connectivity index (χ4n) is 3.62. The van der Waals surface area contributed by atoms with Gasteiger partial charge in [-0.05, 0) is 29.8 Å². The molecule has 2 N–H and O–H groups in total. The highest BCUT2D eigenvalue weighted by molar-refractivity contribution is 6.74. The first kappa shape index (κ1) is 20.6. The lowest BCUT2D eigenvalue weighted by molar-refractivity contribution is -0.134. The lowest BCUT2D eigenvalue weighted by atomic mass is 9.84. The summed E-state index contributed by atoms with van der Waals surface area (Å²) in [5.74, 6) is -0.833. The van der Waals surface area contributed by atoms with Crippen molar-refractivity contribution in [3.63, 3.8) is 0 Å². The van der Waals surface area contributed by atoms with Gasteiger partial charge in [0.05, 0.1) is 5.04 Å². The molecule has 0 saturated carbocycles. The molecule has 0 fully saturated rings. The summed E-state index contributed by atoms with van der Waals surface area (Å²) in [5, 5.41) is 6.93. The van der Waals surface area contributed by atoms with Gasteiger partial charge in [0.2, 0.25) is 8.32 Å². The van der Waals surface area contributed by atoms with Crippen molar-refractivity contribution < 1.29 is 14.7 Å². The Balaban J connectivity index is 0.000000596. The van der Waals surface area contributed by atoms with Crippen LogP contribution in [0.1, 0.15) is 23.6 Å². The maximum absolute atomic E-state index is 11.4. The van der Waals surface area contributed by atoms with Crippen molar-refractivity contribution in [1.82, 2.24) is 0 Å². The summed E-state index contributed by atoms with van der Waals surface area (Å²) in [6, 6.07) is 31.2. The van der Waals surface area contributed by atoms with Crippen molar-refractivity contribution in [3.05, 3.63) is 108 Å². The lowest BCUT2D eigenvalue weighted by Crippen LogP contribution is -2.53. The molecule has 3 nitrogen and oxygen atoms in total. The van der Waals surface area contributed by atoms with E-state index in [1.54, 1.807) is 0 Å². The summed E-state index contributed by atoms with van der Waals surface area (Å²) in [7, 11) is -2.66. The summed E-state index contributed by atoms with van der Waals surface area (Å²) >= 11 is 0. The van der Waals surface area contributed by atoms with Gasteiger partial charge in [-0.25, -0.2) is 0 Å². The number of carboxylic acid groups (broad SMARTS) is 1. The van der Waals surface area contributed by atoms with Crippen LogP contribution in [0.4, 0.5) is 0 Å². The molecule has 4 heteroatoms. The molecule has 3 rings (SSSR count). The maximum atomic E-state index is 11.4. The average Bonchev–Trinajstić information content (AvgIpc) is 2.63. The standard InChI is InChI=1S/C21H22OSi.C2H4O2/c1-23(2,22)21(18-12-6-3-7-13-18,19-14-8-4-9-15-19)20-16-10-5-11-17-20;1-2(3)4/h3-17,22H,1-2H3;1H3,(H,3,4). The van der Waals surface area contributed by atoms with E-state index in [0.29, 0.717) is 0 Å². The van der Waals surface area contributed by atoms with E-state index in [9.17, 15) is 4.80 Å². The molecule has 0 amide bonds. The molecule has 140 valence electrons. The summed E-state index contributed by atoms with van der Waals surface area (Å²) in [5.41, 5.74) is 3.45. The summed E-state index contributed by atoms with van der Waals surface area (Å²) < 4.78 is 0. The average molecular weight is 379 g/mol. The van der Waals surface area contributed by atoms with Crippen molar-refractivity contribution in [1.29, 1.82) is 0 Å². The zero-order chi connectivity index (χ0) is 19.9. The first-order chi connectivity index (χ1) is 12.8. The molecule has 0 bridgehead atoms. The van der Waals surface area contributed by atoms with E-state index in [0.717, 1.165) is 23.6 Å². The molecule has 27 heavy (non-hydrogen) atoms. The number of aliphatic carboxylic acids is 1. The van der Waals surface area contributed by atoms with Crippen molar-refractivity contribution in [3.8, 4) is 0 Å². The Hall–Kier alpha value is -2.69. The van der Waals surface area contributed by atoms with Crippen LogP contribution in [0.25, 0.3) is 0 Å². The van der Waals surface area contributed by atoms with Gasteiger partial charge in [-0.15, -0.1) is 0 Å². The predicted molar refractivity (Wildman–Crippen MR) is 112 cm³/mol. The van der Waals surface area contributed by atoms with Crippen LogP contribution in [-0.4, -0.2) is 24.2 Å². The van der Waals surface area contributed by atoms with E-state index >= 15 is 0 Å². The zero-order valence-corrected chi connectivity index (χ0v) is 17.0. The van der Waals surface area contributed by atoms with Gasteiger partial charge in [0.25, 0.3) is 5.97 Å². The summed E-state index contributed by atoms with van der Waals surface area (Å²) in [6.07, 6.45) is 0. The molecule has 0 unspecified atom stereocenters. The van der Waals surface area contributed by atoms with Crippen LogP contribution in [0.5, 0.6) is 0 Å². The third kappa shape index (κ3) is 4.53. The van der Waals surface area contributed by atoms with Crippen LogP contribution in [0.2, 0.25) is 13.1 Å². The molecule has 0 aliphatic heterocycles. The molecule has 3 aromatic carbocycles. The van der Waals surface area contributed by atoms with Gasteiger partial charge in [-0.3, -0.25) is 4.79 Å². The second-order valence-electron chi connectivity index (χ2n) is 6.93. The Morgan fingerprint density at radius 3 is 1.11 bits per heavy atom. The van der Waals surface area contributed by atoms with Gasteiger partial charge in [0.1, 0.15) is 0 Å². The van der Waals surface area contributed by atoms with Crippen molar-refractivity contribution in [2.24, 2.45) is 0 Å². The van der Waals surface area contributed by atoms with Crippen LogP contribution >= 0.6 is 0 Å². The number of benzene rings is 3. The first-order valence-corrected chi connectivity index (χ1v) is 11.8. The second kappa shape index (κ2) is 8.80. The molecule has 0 radical (unpaired) electrons. The summed E-state index contributed by atoms with van der Waals surface area (Å²) in [6.45, 7) is 5.14. The van der Waals surface area contributed by atoms with Crippen molar-refractivity contribution in [2.75, 3.05) is 0 Å². The number of hydrogen-bond donors (Lipinski definition) is 2. The van der Waals surface area contributed by atoms with Crippen molar-refractivity contribution >= 4 is 14.3 Å². The molecule has 0 heterocycles. The van der Waals surface area contributed by atoms with Gasteiger partial charge in [-0.1, -0.05) is 91.0 Å². The SMILES string of the molecule is CC(=O)O.C[Si](C)(O)C(c1ccccc1)(c1ccccc1)c1ccccc1. The Kier molecular flexibility index (Phi) is 6.72. The van der Waals surface area contributed by atoms with E-state index in [1.165, 1.54) is 0 Å². The Bertz CT molecular complexity index is 740. The number of rotatable bonds is 4. The minimum absolute atomic E-state index is 0.489. The number of hydrogen-bond acceptors (Lipinski definition) is 2. The third-order valence-corrected chi connectivity index (χ3v) is 7.24. The highest BCUT2D eigenvalue weighted by Gasteiger charge is 2.50. The van der Waals surface area contributed by atoms with E-state index < -0.39 is 19.3 Å². The largest absolute Gasteiger partial charge is 0.481 e. The van der Waals surface area contributed by atoms with Gasteiger partial charge >= 0.3 is 0 Å². The fourth-order valence-corrected chi connectivity index (χ4v) is 6.24. The lowest BCUT2D eigenvalue weighted by Gasteiger charge is -2.43. The highest BCUT2D eigenvalue weighted by Crippen LogP contribution is 2.45. The predicted octanol–water partition coefficient (Wildman–Crippen LogP) is 4.85. The first-order valence-electron chi connectivity index (χ1n) is 8.88. The number of carbonyl (C=O) groups is 1. The molecular weight excluding hydrogens is 352 g/mol. The van der Waals surface area contributed by atoms with Crippen LogP contribution in [0.3, 0.4) is 0 Å². The normalized spacial score (nSPS) is 11.3. The summed E-state index contributed by atoms with van der Waals surface area (Å²) in [4.78, 5) is 20.4. The molecule has 0 spiro atoms. The van der Waals surface area contributed by atoms with Crippen LogP contribution < -0.4 is 0 Å². The van der Waals surface area contributed by atoms with E-state index in [2.05, 4.69) is 72.8 Å². The number of carboxylic acids is 1. The molecule has 0 atom stereocenters. The monoisotopic (exact) mass is 378 g/mol. The van der Waals surface area contributed by atoms with E-state index in [4.69, 9.17) is 9.90 Å². The smallest absolute Gasteiger partial charge is 0.300 e. The quantitative estimate of drug-likeness (QED) is 0.504. The maximum Gasteiger partial charge on any atom is 0.300 e. The topological polar surface area (TPSA) is 57.5 Å². The van der Waals surface area contributed by atoms with E-state index in [1.807, 2.05) is 31.3 Å². The van der Waals surface area contributed by atoms with Gasteiger partial charge in [-0.2, -0.15) is 0 Å². The Labute approximate surface area is 162 Å². The highest BCUT2D eigenvalue weighted by atomic mass is 28.4. The molecular formula is C23H26O3Si. The van der Waals surface area contributed by atoms with Gasteiger partial charge in [0.15, 0.2) is 0 Å². The van der Waals surface area contributed by atoms with Crippen LogP contribution in [0.15, 0.2) is 91.0 Å². The van der Waals surface area contributed by atoms with Crippen LogP contribution in [-0.2, 0) is 9.83 Å². The van der Waals surface area contributed by atoms with E-state index in [-0.39, 0.29) is 0 Å². The molecule has 3 aromatic rings. The second-order valence-corrected chi connectivity index (χ2v) is 10.8. The fraction of sp³-hybridized carbons (Fsp3) is 0.174. The Morgan fingerprint density at radius 2 is 0.926 bits per heavy atom. The third-order valence-electron chi connectivity index (χ3n) is 4.54. The molecule has 0 aliphatic rings. The minimum atomic E-state index is -2.66. The van der Waals surface area contributed by atoms with Gasteiger partial charge < -0.3 is 9.90 Å². The minimum Gasteiger partial charge on any atom is -0.481 e. The van der Waals surface area contributed by atoms with Crippen LogP contribution in [0, 0.1) is 0 Å². The molecule has 0 saturated heterocycles. The van der Waals surface area contributed by atoms with Gasteiger partial charge in [0, 0.05) is 6.92 Å². The molecule has 0 aromatic heterocycles.